The standard InChI is InChI=1S/3C23H24O4.2C22H22O4/c1-25-21-13-11-18(15-20(21)24)19-7-5-4-6-17(19)10-8-16-9-12-22(26-2)23(14-16)27-3;1-25-21-12-9-16(14-20(21)24)8-10-17-6-4-5-7-19(17)18-11-13-22(26-2)23(15-18)27-3;1-25-21-13-11-18(15-23(21)27-3)19-7-5-4-6-17(19)10-8-16-9-12-20(24)22(14-16)26-2;1-25-21-12-8-15(13-20(21)24)7-9-16-5-3-4-6-18(16)17-10-11-19(23)22(14-17)26-2;1-25-21-11-8-15(13-19(21)23)7-9-16-5-3-4-6-18(16)17-10-12-22(26-2)20(24)14-17/h3*4-7,9,11-15,24H,8,10H2,1-3H3;2*3-6,8,10-14,23-24H,7,9H2,1-2H3. The lowest BCUT2D eigenvalue weighted by molar-refractivity contribution is 0.354. The summed E-state index contributed by atoms with van der Waals surface area (Å²) < 4.78 is 68.2. The molecule has 15 aromatic rings. The predicted octanol–water partition coefficient (Wildman–Crippen LogP) is 23.7. The van der Waals surface area contributed by atoms with Gasteiger partial charge in [0.25, 0.3) is 0 Å². The second-order valence-corrected chi connectivity index (χ2v) is 30.8. The van der Waals surface area contributed by atoms with E-state index in [2.05, 4.69) is 66.7 Å². The van der Waals surface area contributed by atoms with E-state index < -0.39 is 0 Å². The highest BCUT2D eigenvalue weighted by Gasteiger charge is 2.19. The lowest BCUT2D eigenvalue weighted by atomic mass is 9.95. The van der Waals surface area contributed by atoms with Crippen LogP contribution in [-0.2, 0) is 64.2 Å². The summed E-state index contributed by atoms with van der Waals surface area (Å²) in [6, 6.07) is 97.4. The van der Waals surface area contributed by atoms with E-state index in [1.807, 2.05) is 164 Å². The number of phenolic OH excluding ortho intramolecular Hbond substituents is 7. The van der Waals surface area contributed by atoms with E-state index >= 15 is 0 Å². The third kappa shape index (κ3) is 26.3. The molecule has 0 bridgehead atoms. The lowest BCUT2D eigenvalue weighted by Crippen LogP contribution is -1.97. The number of hydrogen-bond acceptors (Lipinski definition) is 20. The first-order valence-corrected chi connectivity index (χ1v) is 43.3. The summed E-state index contributed by atoms with van der Waals surface area (Å²) in [7, 11) is 20.7. The van der Waals surface area contributed by atoms with Crippen molar-refractivity contribution in [2.24, 2.45) is 0 Å². The van der Waals surface area contributed by atoms with E-state index in [0.717, 1.165) is 154 Å². The van der Waals surface area contributed by atoms with E-state index in [0.29, 0.717) is 57.5 Å². The molecule has 0 saturated carbocycles. The molecule has 133 heavy (non-hydrogen) atoms. The van der Waals surface area contributed by atoms with Crippen LogP contribution in [0.25, 0.3) is 55.6 Å². The molecule has 0 fully saturated rings. The topological polar surface area (TPSA) is 262 Å². The quantitative estimate of drug-likeness (QED) is 0.0202. The van der Waals surface area contributed by atoms with Crippen molar-refractivity contribution in [1.29, 1.82) is 0 Å². The number of methoxy groups -OCH3 is 13. The third-order valence-corrected chi connectivity index (χ3v) is 22.8. The molecule has 0 spiro atoms. The Balaban J connectivity index is 0.000000160. The fourth-order valence-corrected chi connectivity index (χ4v) is 15.6. The van der Waals surface area contributed by atoms with Gasteiger partial charge in [0.05, 0.1) is 92.4 Å². The Hall–Kier alpha value is -15.7. The number of ether oxygens (including phenoxy) is 13. The molecule has 0 aliphatic heterocycles. The van der Waals surface area contributed by atoms with E-state index in [1.54, 1.807) is 144 Å². The van der Waals surface area contributed by atoms with E-state index in [9.17, 15) is 35.7 Å². The van der Waals surface area contributed by atoms with Crippen molar-refractivity contribution in [2.75, 3.05) is 92.4 Å². The first-order valence-electron chi connectivity index (χ1n) is 43.3. The maximum Gasteiger partial charge on any atom is 0.161 e. The van der Waals surface area contributed by atoms with Gasteiger partial charge < -0.3 is 97.3 Å². The Bertz CT molecular complexity index is 6320. The van der Waals surface area contributed by atoms with Crippen LogP contribution in [0.1, 0.15) is 55.6 Å². The second kappa shape index (κ2) is 49.2. The molecule has 0 aromatic heterocycles. The van der Waals surface area contributed by atoms with Crippen LogP contribution >= 0.6 is 0 Å². The number of aromatic hydroxyl groups is 7. The maximum atomic E-state index is 10.1. The SMILES string of the molecule is COc1cc(CCc2ccccc2-c2ccc(OC)c(OC)c2)ccc1O.COc1ccc(-c2ccccc2CCc2ccc(OC)c(OC)c2)cc1O.COc1ccc(CCc2ccccc2-c2ccc(O)c(OC)c2)cc1O.COc1ccc(CCc2ccccc2-c2ccc(OC)c(O)c2)cc1O.COc1ccc(CCc2ccccc2-c2ccc(OC)c(OC)c2)cc1O. The Morgan fingerprint density at radius 3 is 0.586 bits per heavy atom. The minimum atomic E-state index is 0.125. The first kappa shape index (κ1) is 97.9. The summed E-state index contributed by atoms with van der Waals surface area (Å²) in [5.74, 6) is 8.69. The van der Waals surface area contributed by atoms with Crippen molar-refractivity contribution < 1.29 is 97.3 Å². The monoisotopic (exact) mass is 1790 g/mol. The van der Waals surface area contributed by atoms with E-state index in [1.165, 1.54) is 60.3 Å². The molecule has 15 aromatic carbocycles. The molecule has 0 atom stereocenters. The van der Waals surface area contributed by atoms with Gasteiger partial charge in [-0.3, -0.25) is 0 Å². The van der Waals surface area contributed by atoms with Crippen LogP contribution < -0.4 is 61.6 Å². The molecule has 688 valence electrons. The van der Waals surface area contributed by atoms with Gasteiger partial charge in [0, 0.05) is 0 Å². The normalized spacial score (nSPS) is 10.5. The number of benzene rings is 15. The maximum absolute atomic E-state index is 10.1. The van der Waals surface area contributed by atoms with Crippen molar-refractivity contribution in [3.63, 3.8) is 0 Å². The molecule has 0 heterocycles. The van der Waals surface area contributed by atoms with Gasteiger partial charge >= 0.3 is 0 Å². The van der Waals surface area contributed by atoms with Crippen molar-refractivity contribution in [3.05, 3.63) is 359 Å². The molecule has 0 unspecified atom stereocenters. The molecular formula is C113H116O20. The Morgan fingerprint density at radius 1 is 0.143 bits per heavy atom. The first-order chi connectivity index (χ1) is 64.7. The molecule has 7 N–H and O–H groups in total. The van der Waals surface area contributed by atoms with Gasteiger partial charge in [-0.05, 0) is 297 Å². The largest absolute Gasteiger partial charge is 0.504 e. The van der Waals surface area contributed by atoms with Gasteiger partial charge in [-0.25, -0.2) is 0 Å². The van der Waals surface area contributed by atoms with Gasteiger partial charge in [-0.1, -0.05) is 182 Å². The molecule has 20 nitrogen and oxygen atoms in total. The highest BCUT2D eigenvalue weighted by atomic mass is 16.5. The van der Waals surface area contributed by atoms with Crippen molar-refractivity contribution in [3.8, 4) is 171 Å². The molecular weight excluding hydrogens is 1680 g/mol. The second-order valence-electron chi connectivity index (χ2n) is 30.8. The van der Waals surface area contributed by atoms with Crippen LogP contribution in [0, 0.1) is 0 Å². The van der Waals surface area contributed by atoms with Gasteiger partial charge in [0.15, 0.2) is 115 Å². The highest BCUT2D eigenvalue weighted by molar-refractivity contribution is 5.75. The lowest BCUT2D eigenvalue weighted by Gasteiger charge is -2.13. The summed E-state index contributed by atoms with van der Waals surface area (Å²) in [5.41, 5.74) is 22.2. The number of aryl methyl sites for hydroxylation is 10. The van der Waals surface area contributed by atoms with Crippen LogP contribution in [0.4, 0.5) is 0 Å². The average Bonchev–Trinajstić information content (AvgIpc) is 0.829. The summed E-state index contributed by atoms with van der Waals surface area (Å²) in [5, 5.41) is 69.6. The predicted molar refractivity (Wildman–Crippen MR) is 525 cm³/mol. The Morgan fingerprint density at radius 2 is 0.323 bits per heavy atom. The fraction of sp³-hybridized carbons (Fsp3) is 0.204. The average molecular weight is 1790 g/mol. The summed E-state index contributed by atoms with van der Waals surface area (Å²) in [6.45, 7) is 0. The molecule has 0 saturated heterocycles. The van der Waals surface area contributed by atoms with Gasteiger partial charge in [-0.15, -0.1) is 0 Å². The van der Waals surface area contributed by atoms with Crippen LogP contribution in [0.5, 0.6) is 115 Å². The van der Waals surface area contributed by atoms with E-state index in [4.69, 9.17) is 61.6 Å². The fourth-order valence-electron chi connectivity index (χ4n) is 15.6. The van der Waals surface area contributed by atoms with Crippen molar-refractivity contribution in [1.82, 2.24) is 0 Å². The van der Waals surface area contributed by atoms with Gasteiger partial charge in [0.2, 0.25) is 0 Å². The number of rotatable bonds is 33. The zero-order chi connectivity index (χ0) is 94.7. The summed E-state index contributed by atoms with van der Waals surface area (Å²) in [6.07, 6.45) is 8.37. The molecule has 0 amide bonds. The molecule has 0 aliphatic rings. The van der Waals surface area contributed by atoms with Crippen LogP contribution in [0.2, 0.25) is 0 Å². The highest BCUT2D eigenvalue weighted by Crippen LogP contribution is 2.42. The van der Waals surface area contributed by atoms with Crippen molar-refractivity contribution in [2.45, 2.75) is 64.2 Å². The van der Waals surface area contributed by atoms with Crippen molar-refractivity contribution >= 4 is 0 Å². The minimum absolute atomic E-state index is 0.125. The van der Waals surface area contributed by atoms with Gasteiger partial charge in [-0.2, -0.15) is 0 Å². The van der Waals surface area contributed by atoms with Crippen LogP contribution in [0.15, 0.2) is 303 Å². The molecule has 20 heteroatoms. The van der Waals surface area contributed by atoms with E-state index in [-0.39, 0.29) is 40.2 Å². The van der Waals surface area contributed by atoms with Crippen LogP contribution in [0.3, 0.4) is 0 Å². The molecule has 0 radical (unpaired) electrons. The minimum Gasteiger partial charge on any atom is -0.504 e. The van der Waals surface area contributed by atoms with Gasteiger partial charge in [0.1, 0.15) is 0 Å². The molecule has 15 rings (SSSR count). The zero-order valence-corrected chi connectivity index (χ0v) is 77.4. The number of hydrogen-bond donors (Lipinski definition) is 7. The summed E-state index contributed by atoms with van der Waals surface area (Å²) >= 11 is 0. The Kier molecular flexibility index (Phi) is 36.2. The number of phenols is 7. The Labute approximate surface area is 779 Å². The smallest absolute Gasteiger partial charge is 0.161 e. The third-order valence-electron chi connectivity index (χ3n) is 22.8. The zero-order valence-electron chi connectivity index (χ0n) is 77.4. The molecule has 0 aliphatic carbocycles. The summed E-state index contributed by atoms with van der Waals surface area (Å²) in [4.78, 5) is 0. The van der Waals surface area contributed by atoms with Crippen LogP contribution in [-0.4, -0.2) is 128 Å².